The summed E-state index contributed by atoms with van der Waals surface area (Å²) in [5.41, 5.74) is 0.00985. The zero-order valence-electron chi connectivity index (χ0n) is 14.8. The molecule has 0 spiro atoms. The van der Waals surface area contributed by atoms with Crippen LogP contribution in [0.3, 0.4) is 0 Å². The second-order valence-corrected chi connectivity index (χ2v) is 9.36. The molecular formula is C18H19FN2O5S2. The van der Waals surface area contributed by atoms with E-state index in [-0.39, 0.29) is 23.0 Å². The van der Waals surface area contributed by atoms with E-state index in [1.165, 1.54) is 22.5 Å². The lowest BCUT2D eigenvalue weighted by molar-refractivity contribution is -0.152. The lowest BCUT2D eigenvalue weighted by Crippen LogP contribution is -2.40. The molecule has 150 valence electrons. The molecule has 1 fully saturated rings. The van der Waals surface area contributed by atoms with Gasteiger partial charge in [-0.25, -0.2) is 12.8 Å². The fourth-order valence-electron chi connectivity index (χ4n) is 2.87. The van der Waals surface area contributed by atoms with Crippen LogP contribution in [0.5, 0.6) is 0 Å². The molecule has 0 bridgehead atoms. The Morgan fingerprint density at radius 1 is 1.18 bits per heavy atom. The highest BCUT2D eigenvalue weighted by atomic mass is 32.2. The molecule has 0 atom stereocenters. The molecule has 1 N–H and O–H groups in total. The third-order valence-corrected chi connectivity index (χ3v) is 7.64. The fourth-order valence-corrected chi connectivity index (χ4v) is 5.49. The topological polar surface area (TPSA) is 92.8 Å². The van der Waals surface area contributed by atoms with Crippen molar-refractivity contribution in [2.75, 3.05) is 25.0 Å². The van der Waals surface area contributed by atoms with Gasteiger partial charge in [-0.15, -0.1) is 11.3 Å². The van der Waals surface area contributed by atoms with Crippen LogP contribution in [0.2, 0.25) is 0 Å². The zero-order chi connectivity index (χ0) is 20.1. The molecule has 7 nitrogen and oxygen atoms in total. The number of nitrogens with one attached hydrogen (secondary N) is 1. The highest BCUT2D eigenvalue weighted by Crippen LogP contribution is 2.26. The number of carbonyl (C=O) groups excluding carboxylic acids is 2. The number of nitrogens with zero attached hydrogens (tertiary/aromatic N) is 1. The number of hydrogen-bond donors (Lipinski definition) is 1. The van der Waals surface area contributed by atoms with Crippen LogP contribution in [0.1, 0.15) is 12.8 Å². The normalized spacial score (nSPS) is 15.9. The Hall–Kier alpha value is -2.30. The van der Waals surface area contributed by atoms with E-state index in [0.29, 0.717) is 12.8 Å². The molecule has 1 aromatic carbocycles. The number of benzene rings is 1. The number of rotatable bonds is 6. The fraction of sp³-hybridized carbons (Fsp3) is 0.333. The first-order valence-electron chi connectivity index (χ1n) is 8.62. The van der Waals surface area contributed by atoms with Crippen LogP contribution in [0.15, 0.2) is 46.0 Å². The number of sulfonamides is 1. The van der Waals surface area contributed by atoms with E-state index < -0.39 is 40.2 Å². The van der Waals surface area contributed by atoms with Crippen LogP contribution in [0, 0.1) is 11.7 Å². The molecule has 1 saturated heterocycles. The van der Waals surface area contributed by atoms with Gasteiger partial charge in [0.2, 0.25) is 0 Å². The molecule has 1 aliphatic rings. The molecule has 2 heterocycles. The Balaban J connectivity index is 1.46. The number of piperidine rings is 1. The SMILES string of the molecule is O=C(COC(=O)C1CCN(S(=O)(=O)c2cccs2)CC1)Nc1ccccc1F. The molecule has 3 rings (SSSR count). The first kappa shape index (κ1) is 20.4. The number of ether oxygens (including phenoxy) is 1. The monoisotopic (exact) mass is 426 g/mol. The molecule has 0 aliphatic carbocycles. The molecular weight excluding hydrogens is 407 g/mol. The summed E-state index contributed by atoms with van der Waals surface area (Å²) in [7, 11) is -3.53. The van der Waals surface area contributed by atoms with Gasteiger partial charge in [0.05, 0.1) is 11.6 Å². The number of thiophene rings is 1. The number of esters is 1. The third kappa shape index (κ3) is 4.75. The summed E-state index contributed by atoms with van der Waals surface area (Å²) in [4.78, 5) is 24.0. The van der Waals surface area contributed by atoms with Gasteiger partial charge in [0.15, 0.2) is 6.61 Å². The van der Waals surface area contributed by atoms with E-state index in [9.17, 15) is 22.4 Å². The molecule has 10 heteroatoms. The summed E-state index contributed by atoms with van der Waals surface area (Å²) in [6.07, 6.45) is 0.636. The summed E-state index contributed by atoms with van der Waals surface area (Å²) in [5.74, 6) is -2.26. The quantitative estimate of drug-likeness (QED) is 0.717. The predicted molar refractivity (Wildman–Crippen MR) is 102 cm³/mol. The maximum Gasteiger partial charge on any atom is 0.309 e. The van der Waals surface area contributed by atoms with Crippen molar-refractivity contribution in [1.29, 1.82) is 0 Å². The summed E-state index contributed by atoms with van der Waals surface area (Å²) in [6.45, 7) is -0.107. The van der Waals surface area contributed by atoms with Crippen molar-refractivity contribution in [1.82, 2.24) is 4.31 Å². The first-order valence-corrected chi connectivity index (χ1v) is 10.9. The highest BCUT2D eigenvalue weighted by molar-refractivity contribution is 7.91. The van der Waals surface area contributed by atoms with Crippen LogP contribution < -0.4 is 5.32 Å². The summed E-state index contributed by atoms with van der Waals surface area (Å²) >= 11 is 1.15. The number of amides is 1. The molecule has 1 amide bonds. The molecule has 1 aliphatic heterocycles. The van der Waals surface area contributed by atoms with Crippen molar-refractivity contribution in [3.63, 3.8) is 0 Å². The Morgan fingerprint density at radius 2 is 1.89 bits per heavy atom. The molecule has 1 aromatic heterocycles. The summed E-state index contributed by atoms with van der Waals surface area (Å²) < 4.78 is 45.1. The average molecular weight is 426 g/mol. The van der Waals surface area contributed by atoms with Crippen LogP contribution in [0.25, 0.3) is 0 Å². The van der Waals surface area contributed by atoms with E-state index in [2.05, 4.69) is 5.32 Å². The molecule has 0 saturated carbocycles. The lowest BCUT2D eigenvalue weighted by Gasteiger charge is -2.29. The number of anilines is 1. The lowest BCUT2D eigenvalue weighted by atomic mass is 9.98. The van der Waals surface area contributed by atoms with Gasteiger partial charge in [0.1, 0.15) is 10.0 Å². The van der Waals surface area contributed by atoms with Gasteiger partial charge >= 0.3 is 5.97 Å². The molecule has 2 aromatic rings. The van der Waals surface area contributed by atoms with Crippen LogP contribution in [-0.2, 0) is 24.3 Å². The van der Waals surface area contributed by atoms with Gasteiger partial charge in [-0.1, -0.05) is 18.2 Å². The van der Waals surface area contributed by atoms with Crippen LogP contribution in [0.4, 0.5) is 10.1 Å². The van der Waals surface area contributed by atoms with Gasteiger partial charge in [-0.2, -0.15) is 4.31 Å². The Kier molecular flexibility index (Phi) is 6.42. The van der Waals surface area contributed by atoms with Crippen molar-refractivity contribution >= 4 is 38.9 Å². The van der Waals surface area contributed by atoms with Crippen molar-refractivity contribution < 1.29 is 27.1 Å². The minimum atomic E-state index is -3.53. The minimum absolute atomic E-state index is 0.00985. The Bertz CT molecular complexity index is 939. The van der Waals surface area contributed by atoms with E-state index in [1.807, 2.05) is 0 Å². The Labute approximate surface area is 166 Å². The summed E-state index contributed by atoms with van der Waals surface area (Å²) in [5, 5.41) is 4.03. The highest BCUT2D eigenvalue weighted by Gasteiger charge is 2.33. The number of hydrogen-bond acceptors (Lipinski definition) is 6. The van der Waals surface area contributed by atoms with E-state index in [0.717, 1.165) is 11.3 Å². The molecule has 0 unspecified atom stereocenters. The standard InChI is InChI=1S/C18H19FN2O5S2/c19-14-4-1-2-5-15(14)20-16(22)12-26-18(23)13-7-9-21(10-8-13)28(24,25)17-6-3-11-27-17/h1-6,11,13H,7-10,12H2,(H,20,22). The van der Waals surface area contributed by atoms with Gasteiger partial charge in [0, 0.05) is 13.1 Å². The number of halogens is 1. The predicted octanol–water partition coefficient (Wildman–Crippen LogP) is 2.47. The Morgan fingerprint density at radius 3 is 2.54 bits per heavy atom. The number of carbonyl (C=O) groups is 2. The second-order valence-electron chi connectivity index (χ2n) is 6.25. The third-order valence-electron chi connectivity index (χ3n) is 4.37. The minimum Gasteiger partial charge on any atom is -0.455 e. The van der Waals surface area contributed by atoms with Crippen LogP contribution in [-0.4, -0.2) is 44.3 Å². The zero-order valence-corrected chi connectivity index (χ0v) is 16.5. The average Bonchev–Trinajstić information content (AvgIpc) is 3.24. The summed E-state index contributed by atoms with van der Waals surface area (Å²) in [6, 6.07) is 8.90. The van der Waals surface area contributed by atoms with E-state index in [4.69, 9.17) is 4.74 Å². The van der Waals surface area contributed by atoms with Crippen molar-refractivity contribution in [3.8, 4) is 0 Å². The molecule has 0 radical (unpaired) electrons. The largest absolute Gasteiger partial charge is 0.455 e. The van der Waals surface area contributed by atoms with Crippen molar-refractivity contribution in [2.45, 2.75) is 17.1 Å². The van der Waals surface area contributed by atoms with Gasteiger partial charge in [0.25, 0.3) is 15.9 Å². The second kappa shape index (κ2) is 8.80. The smallest absolute Gasteiger partial charge is 0.309 e. The number of para-hydroxylation sites is 1. The van der Waals surface area contributed by atoms with Crippen molar-refractivity contribution in [2.24, 2.45) is 5.92 Å². The van der Waals surface area contributed by atoms with E-state index >= 15 is 0 Å². The maximum absolute atomic E-state index is 13.5. The van der Waals surface area contributed by atoms with E-state index in [1.54, 1.807) is 23.6 Å². The van der Waals surface area contributed by atoms with Crippen molar-refractivity contribution in [3.05, 3.63) is 47.6 Å². The first-order chi connectivity index (χ1) is 13.4. The maximum atomic E-state index is 13.5. The molecule has 28 heavy (non-hydrogen) atoms. The van der Waals surface area contributed by atoms with Gasteiger partial charge < -0.3 is 10.1 Å². The van der Waals surface area contributed by atoms with Gasteiger partial charge in [-0.05, 0) is 36.4 Å². The van der Waals surface area contributed by atoms with Crippen LogP contribution >= 0.6 is 11.3 Å². The van der Waals surface area contributed by atoms with Gasteiger partial charge in [-0.3, -0.25) is 9.59 Å².